The maximum absolute atomic E-state index is 5.75. The molecule has 2 aliphatic rings. The van der Waals surface area contributed by atoms with Gasteiger partial charge in [-0.05, 0) is 38.8 Å². The number of nitrogens with one attached hydrogen (secondary N) is 1. The highest BCUT2D eigenvalue weighted by atomic mass is 16.5. The van der Waals surface area contributed by atoms with E-state index in [0.717, 1.165) is 24.9 Å². The number of hydrogen-bond donors (Lipinski definition) is 1. The second-order valence-electron chi connectivity index (χ2n) is 5.37. The molecule has 2 rings (SSSR count). The minimum Gasteiger partial charge on any atom is -0.373 e. The average molecular weight is 212 g/mol. The lowest BCUT2D eigenvalue weighted by atomic mass is 9.97. The summed E-state index contributed by atoms with van der Waals surface area (Å²) in [7, 11) is 0. The van der Waals surface area contributed by atoms with Crippen molar-refractivity contribution in [3.8, 4) is 0 Å². The minimum atomic E-state index is 0.401. The minimum absolute atomic E-state index is 0.401. The highest BCUT2D eigenvalue weighted by Gasteiger charge is 2.28. The first kappa shape index (κ1) is 11.4. The standard InChI is InChI=1S/C12H24N2O/c1-9-4-13-5-12(9)8-14-6-10(2)15-11(3)7-14/h9-13H,4-8H2,1-3H3/t9-,10-,11+,12+/m1/s1. The van der Waals surface area contributed by atoms with Crippen molar-refractivity contribution in [1.29, 1.82) is 0 Å². The van der Waals surface area contributed by atoms with E-state index in [1.807, 2.05) is 0 Å². The molecule has 15 heavy (non-hydrogen) atoms. The van der Waals surface area contributed by atoms with Crippen LogP contribution in [0.15, 0.2) is 0 Å². The van der Waals surface area contributed by atoms with Gasteiger partial charge < -0.3 is 10.1 Å². The van der Waals surface area contributed by atoms with E-state index in [-0.39, 0.29) is 0 Å². The van der Waals surface area contributed by atoms with Gasteiger partial charge in [0.25, 0.3) is 0 Å². The Labute approximate surface area is 93.2 Å². The zero-order valence-electron chi connectivity index (χ0n) is 10.2. The fraction of sp³-hybridized carbons (Fsp3) is 1.00. The maximum atomic E-state index is 5.75. The van der Waals surface area contributed by atoms with Crippen LogP contribution in [-0.2, 0) is 4.74 Å². The molecule has 0 aliphatic carbocycles. The lowest BCUT2D eigenvalue weighted by Gasteiger charge is -2.37. The van der Waals surface area contributed by atoms with Gasteiger partial charge in [0.2, 0.25) is 0 Å². The molecular weight excluding hydrogens is 188 g/mol. The number of nitrogens with zero attached hydrogens (tertiary/aromatic N) is 1. The van der Waals surface area contributed by atoms with Gasteiger partial charge in [0, 0.05) is 19.6 Å². The van der Waals surface area contributed by atoms with Crippen molar-refractivity contribution in [3.63, 3.8) is 0 Å². The summed E-state index contributed by atoms with van der Waals surface area (Å²) in [6.45, 7) is 12.6. The van der Waals surface area contributed by atoms with Crippen LogP contribution >= 0.6 is 0 Å². The molecule has 3 nitrogen and oxygen atoms in total. The zero-order chi connectivity index (χ0) is 10.8. The van der Waals surface area contributed by atoms with Gasteiger partial charge in [-0.15, -0.1) is 0 Å². The van der Waals surface area contributed by atoms with Crippen LogP contribution in [0.25, 0.3) is 0 Å². The number of ether oxygens (including phenoxy) is 1. The summed E-state index contributed by atoms with van der Waals surface area (Å²) in [6.07, 6.45) is 0.803. The molecule has 0 saturated carbocycles. The Kier molecular flexibility index (Phi) is 3.65. The van der Waals surface area contributed by atoms with Crippen LogP contribution in [-0.4, -0.2) is 49.8 Å². The van der Waals surface area contributed by atoms with Gasteiger partial charge in [0.05, 0.1) is 12.2 Å². The van der Waals surface area contributed by atoms with E-state index in [2.05, 4.69) is 31.0 Å². The molecule has 0 unspecified atom stereocenters. The van der Waals surface area contributed by atoms with Crippen LogP contribution in [0.4, 0.5) is 0 Å². The molecule has 2 aliphatic heterocycles. The second kappa shape index (κ2) is 4.81. The summed E-state index contributed by atoms with van der Waals surface area (Å²) in [6, 6.07) is 0. The van der Waals surface area contributed by atoms with Crippen LogP contribution in [0.1, 0.15) is 20.8 Å². The topological polar surface area (TPSA) is 24.5 Å². The fourth-order valence-corrected chi connectivity index (χ4v) is 2.87. The Morgan fingerprint density at radius 1 is 1.13 bits per heavy atom. The molecular formula is C12H24N2O. The normalized spacial score (nSPS) is 43.4. The summed E-state index contributed by atoms with van der Waals surface area (Å²) in [5.41, 5.74) is 0. The SMILES string of the molecule is C[C@@H]1CN(C[C@@H]2CNC[C@H]2C)C[C@H](C)O1. The lowest BCUT2D eigenvalue weighted by Crippen LogP contribution is -2.47. The molecule has 0 radical (unpaired) electrons. The van der Waals surface area contributed by atoms with Crippen LogP contribution in [0, 0.1) is 11.8 Å². The van der Waals surface area contributed by atoms with Crippen molar-refractivity contribution >= 4 is 0 Å². The highest BCUT2D eigenvalue weighted by molar-refractivity contribution is 4.83. The number of rotatable bonds is 2. The predicted molar refractivity (Wildman–Crippen MR) is 62.0 cm³/mol. The Hall–Kier alpha value is -0.120. The molecule has 4 atom stereocenters. The van der Waals surface area contributed by atoms with Crippen molar-refractivity contribution < 1.29 is 4.74 Å². The highest BCUT2D eigenvalue weighted by Crippen LogP contribution is 2.19. The van der Waals surface area contributed by atoms with E-state index in [0.29, 0.717) is 12.2 Å². The van der Waals surface area contributed by atoms with E-state index < -0.39 is 0 Å². The molecule has 2 saturated heterocycles. The molecule has 0 bridgehead atoms. The van der Waals surface area contributed by atoms with Gasteiger partial charge in [0.15, 0.2) is 0 Å². The first-order valence-electron chi connectivity index (χ1n) is 6.23. The van der Waals surface area contributed by atoms with E-state index in [9.17, 15) is 0 Å². The Morgan fingerprint density at radius 3 is 2.33 bits per heavy atom. The van der Waals surface area contributed by atoms with Gasteiger partial charge in [-0.3, -0.25) is 4.90 Å². The van der Waals surface area contributed by atoms with Crippen molar-refractivity contribution in [2.45, 2.75) is 33.0 Å². The molecule has 2 heterocycles. The first-order valence-corrected chi connectivity index (χ1v) is 6.23. The first-order chi connectivity index (χ1) is 7.15. The average Bonchev–Trinajstić information content (AvgIpc) is 2.50. The third-order valence-corrected chi connectivity index (χ3v) is 3.67. The molecule has 0 spiro atoms. The predicted octanol–water partition coefficient (Wildman–Crippen LogP) is 0.951. The van der Waals surface area contributed by atoms with Crippen LogP contribution in [0.3, 0.4) is 0 Å². The van der Waals surface area contributed by atoms with Gasteiger partial charge in [0.1, 0.15) is 0 Å². The van der Waals surface area contributed by atoms with Crippen LogP contribution in [0.5, 0.6) is 0 Å². The molecule has 3 heteroatoms. The largest absolute Gasteiger partial charge is 0.373 e. The van der Waals surface area contributed by atoms with Crippen LogP contribution < -0.4 is 5.32 Å². The van der Waals surface area contributed by atoms with E-state index >= 15 is 0 Å². The van der Waals surface area contributed by atoms with E-state index in [4.69, 9.17) is 4.74 Å². The molecule has 88 valence electrons. The summed E-state index contributed by atoms with van der Waals surface area (Å²) in [4.78, 5) is 2.58. The summed E-state index contributed by atoms with van der Waals surface area (Å²) >= 11 is 0. The van der Waals surface area contributed by atoms with E-state index in [1.165, 1.54) is 19.6 Å². The van der Waals surface area contributed by atoms with E-state index in [1.54, 1.807) is 0 Å². The monoisotopic (exact) mass is 212 g/mol. The summed E-state index contributed by atoms with van der Waals surface area (Å²) < 4.78 is 5.75. The Morgan fingerprint density at radius 2 is 1.80 bits per heavy atom. The van der Waals surface area contributed by atoms with Gasteiger partial charge in [-0.25, -0.2) is 0 Å². The number of hydrogen-bond acceptors (Lipinski definition) is 3. The third-order valence-electron chi connectivity index (χ3n) is 3.67. The third kappa shape index (κ3) is 2.92. The van der Waals surface area contributed by atoms with Crippen LogP contribution in [0.2, 0.25) is 0 Å². The molecule has 1 N–H and O–H groups in total. The van der Waals surface area contributed by atoms with Crippen molar-refractivity contribution in [2.75, 3.05) is 32.7 Å². The molecule has 0 aromatic carbocycles. The van der Waals surface area contributed by atoms with Crippen molar-refractivity contribution in [2.24, 2.45) is 11.8 Å². The fourth-order valence-electron chi connectivity index (χ4n) is 2.87. The zero-order valence-corrected chi connectivity index (χ0v) is 10.2. The number of morpholine rings is 1. The summed E-state index contributed by atoms with van der Waals surface area (Å²) in [5.74, 6) is 1.67. The quantitative estimate of drug-likeness (QED) is 0.737. The molecule has 2 fully saturated rings. The Bertz CT molecular complexity index is 200. The second-order valence-corrected chi connectivity index (χ2v) is 5.37. The van der Waals surface area contributed by atoms with Gasteiger partial charge in [-0.1, -0.05) is 6.92 Å². The smallest absolute Gasteiger partial charge is 0.0678 e. The van der Waals surface area contributed by atoms with Gasteiger partial charge in [-0.2, -0.15) is 0 Å². The van der Waals surface area contributed by atoms with Crippen molar-refractivity contribution in [1.82, 2.24) is 10.2 Å². The lowest BCUT2D eigenvalue weighted by molar-refractivity contribution is -0.0718. The summed E-state index contributed by atoms with van der Waals surface area (Å²) in [5, 5.41) is 3.48. The van der Waals surface area contributed by atoms with Gasteiger partial charge >= 0.3 is 0 Å². The Balaban J connectivity index is 1.83. The van der Waals surface area contributed by atoms with Crippen molar-refractivity contribution in [3.05, 3.63) is 0 Å². The molecule has 0 aromatic heterocycles. The maximum Gasteiger partial charge on any atom is 0.0678 e. The molecule has 0 amide bonds. The molecule has 0 aromatic rings.